The Labute approximate surface area is 160 Å². The molecule has 0 saturated heterocycles. The van der Waals surface area contributed by atoms with Gasteiger partial charge in [-0.05, 0) is 44.0 Å². The fourth-order valence-electron chi connectivity index (χ4n) is 2.40. The largest absolute Gasteiger partial charge is 0.494 e. The highest BCUT2D eigenvalue weighted by molar-refractivity contribution is 5.75. The number of unbranched alkanes of at least 4 members (excludes halogenated alkanes) is 1. The molecule has 2 rings (SSSR count). The lowest BCUT2D eigenvalue weighted by molar-refractivity contribution is -0.121. The van der Waals surface area contributed by atoms with Crippen LogP contribution in [0.25, 0.3) is 11.4 Å². The lowest BCUT2D eigenvalue weighted by Crippen LogP contribution is -2.25. The van der Waals surface area contributed by atoms with Crippen molar-refractivity contribution in [2.75, 3.05) is 26.4 Å². The summed E-state index contributed by atoms with van der Waals surface area (Å²) in [7, 11) is 0. The lowest BCUT2D eigenvalue weighted by atomic mass is 10.2. The van der Waals surface area contributed by atoms with Crippen LogP contribution in [-0.2, 0) is 16.0 Å². The Morgan fingerprint density at radius 2 is 1.93 bits per heavy atom. The summed E-state index contributed by atoms with van der Waals surface area (Å²) in [6.45, 7) is 6.78. The van der Waals surface area contributed by atoms with Gasteiger partial charge in [-0.3, -0.25) is 4.79 Å². The van der Waals surface area contributed by atoms with Gasteiger partial charge in [0.1, 0.15) is 5.75 Å². The first-order chi connectivity index (χ1) is 13.2. The second-order valence-corrected chi connectivity index (χ2v) is 6.14. The molecular weight excluding hydrogens is 346 g/mol. The Balaban J connectivity index is 1.67. The summed E-state index contributed by atoms with van der Waals surface area (Å²) in [6, 6.07) is 7.51. The van der Waals surface area contributed by atoms with Crippen LogP contribution in [0.15, 0.2) is 28.8 Å². The molecule has 0 fully saturated rings. The van der Waals surface area contributed by atoms with Gasteiger partial charge in [0.2, 0.25) is 17.6 Å². The van der Waals surface area contributed by atoms with Crippen molar-refractivity contribution < 1.29 is 18.8 Å². The van der Waals surface area contributed by atoms with E-state index < -0.39 is 0 Å². The van der Waals surface area contributed by atoms with Gasteiger partial charge < -0.3 is 19.3 Å². The number of rotatable bonds is 13. The second kappa shape index (κ2) is 12.1. The molecule has 1 aromatic heterocycles. The Hall–Kier alpha value is -2.41. The molecule has 2 aromatic rings. The molecule has 1 N–H and O–H groups in total. The Kier molecular flexibility index (Phi) is 9.34. The molecule has 0 unspecified atom stereocenters. The molecule has 1 aromatic carbocycles. The highest BCUT2D eigenvalue weighted by Gasteiger charge is 2.10. The zero-order valence-corrected chi connectivity index (χ0v) is 16.2. The molecule has 0 spiro atoms. The normalized spacial score (nSPS) is 10.7. The quantitative estimate of drug-likeness (QED) is 0.540. The average molecular weight is 375 g/mol. The summed E-state index contributed by atoms with van der Waals surface area (Å²) >= 11 is 0. The molecule has 1 heterocycles. The third kappa shape index (κ3) is 7.78. The van der Waals surface area contributed by atoms with Crippen LogP contribution in [-0.4, -0.2) is 42.4 Å². The predicted octanol–water partition coefficient (Wildman–Crippen LogP) is 3.39. The number of ether oxygens (including phenoxy) is 2. The van der Waals surface area contributed by atoms with Crippen LogP contribution in [0, 0.1) is 0 Å². The second-order valence-electron chi connectivity index (χ2n) is 6.14. The number of aryl methyl sites for hydroxylation is 1. The summed E-state index contributed by atoms with van der Waals surface area (Å²) in [5.74, 6) is 1.75. The van der Waals surface area contributed by atoms with E-state index >= 15 is 0 Å². The maximum atomic E-state index is 11.9. The van der Waals surface area contributed by atoms with Crippen LogP contribution in [0.4, 0.5) is 0 Å². The monoisotopic (exact) mass is 375 g/mol. The van der Waals surface area contributed by atoms with Crippen molar-refractivity contribution in [1.82, 2.24) is 15.5 Å². The van der Waals surface area contributed by atoms with E-state index in [1.165, 1.54) is 0 Å². The predicted molar refractivity (Wildman–Crippen MR) is 103 cm³/mol. The summed E-state index contributed by atoms with van der Waals surface area (Å²) in [6.07, 6.45) is 3.77. The molecular formula is C20H29N3O4. The van der Waals surface area contributed by atoms with Gasteiger partial charge in [-0.25, -0.2) is 0 Å². The van der Waals surface area contributed by atoms with E-state index in [1.54, 1.807) is 0 Å². The van der Waals surface area contributed by atoms with E-state index in [2.05, 4.69) is 22.4 Å². The van der Waals surface area contributed by atoms with Crippen molar-refractivity contribution in [2.24, 2.45) is 0 Å². The molecule has 27 heavy (non-hydrogen) atoms. The summed E-state index contributed by atoms with van der Waals surface area (Å²) < 4.78 is 16.1. The molecule has 7 heteroatoms. The molecule has 0 saturated carbocycles. The summed E-state index contributed by atoms with van der Waals surface area (Å²) in [5, 5.41) is 6.85. The van der Waals surface area contributed by atoms with E-state index in [0.29, 0.717) is 44.3 Å². The third-order valence-electron chi connectivity index (χ3n) is 3.89. The molecule has 1 amide bonds. The van der Waals surface area contributed by atoms with Gasteiger partial charge in [-0.15, -0.1) is 0 Å². The minimum Gasteiger partial charge on any atom is -0.494 e. The van der Waals surface area contributed by atoms with Crippen molar-refractivity contribution in [3.8, 4) is 17.1 Å². The fraction of sp³-hybridized carbons (Fsp3) is 0.550. The van der Waals surface area contributed by atoms with Crippen molar-refractivity contribution in [1.29, 1.82) is 0 Å². The van der Waals surface area contributed by atoms with E-state index in [1.807, 2.05) is 31.2 Å². The van der Waals surface area contributed by atoms with Crippen molar-refractivity contribution >= 4 is 5.91 Å². The molecule has 0 radical (unpaired) electrons. The van der Waals surface area contributed by atoms with E-state index in [-0.39, 0.29) is 5.91 Å². The number of nitrogens with one attached hydrogen (secondary N) is 1. The zero-order valence-electron chi connectivity index (χ0n) is 16.2. The standard InChI is InChI=1S/C20H29N3O4/c1-3-5-14-25-15-6-13-21-18(24)11-12-19-22-20(23-27-19)16-7-9-17(10-8-16)26-4-2/h7-10H,3-6,11-15H2,1-2H3,(H,21,24). The number of hydrogen-bond acceptors (Lipinski definition) is 6. The van der Waals surface area contributed by atoms with Crippen molar-refractivity contribution in [2.45, 2.75) is 46.0 Å². The number of carbonyl (C=O) groups excluding carboxylic acids is 1. The lowest BCUT2D eigenvalue weighted by Gasteiger charge is -2.05. The van der Waals surface area contributed by atoms with E-state index in [0.717, 1.165) is 37.2 Å². The average Bonchev–Trinajstić information content (AvgIpc) is 3.15. The fourth-order valence-corrected chi connectivity index (χ4v) is 2.40. The highest BCUT2D eigenvalue weighted by Crippen LogP contribution is 2.20. The first-order valence-electron chi connectivity index (χ1n) is 9.63. The Morgan fingerprint density at radius 1 is 1.15 bits per heavy atom. The van der Waals surface area contributed by atoms with Gasteiger partial charge in [-0.1, -0.05) is 18.5 Å². The number of aromatic nitrogens is 2. The van der Waals surface area contributed by atoms with Crippen LogP contribution in [0.1, 0.15) is 45.4 Å². The first-order valence-corrected chi connectivity index (χ1v) is 9.63. The smallest absolute Gasteiger partial charge is 0.227 e. The summed E-state index contributed by atoms with van der Waals surface area (Å²) in [4.78, 5) is 16.2. The first kappa shape index (κ1) is 20.9. The minimum absolute atomic E-state index is 0.0237. The van der Waals surface area contributed by atoms with Crippen LogP contribution in [0.2, 0.25) is 0 Å². The maximum absolute atomic E-state index is 11.9. The third-order valence-corrected chi connectivity index (χ3v) is 3.89. The topological polar surface area (TPSA) is 86.5 Å². The highest BCUT2D eigenvalue weighted by atomic mass is 16.5. The van der Waals surface area contributed by atoms with Crippen molar-refractivity contribution in [3.05, 3.63) is 30.2 Å². The van der Waals surface area contributed by atoms with Gasteiger partial charge in [0.25, 0.3) is 0 Å². The minimum atomic E-state index is -0.0237. The maximum Gasteiger partial charge on any atom is 0.227 e. The van der Waals surface area contributed by atoms with Gasteiger partial charge >= 0.3 is 0 Å². The van der Waals surface area contributed by atoms with Crippen LogP contribution >= 0.6 is 0 Å². The van der Waals surface area contributed by atoms with Crippen LogP contribution in [0.5, 0.6) is 5.75 Å². The Morgan fingerprint density at radius 3 is 2.67 bits per heavy atom. The van der Waals surface area contributed by atoms with Gasteiger partial charge in [0.15, 0.2) is 0 Å². The number of amides is 1. The number of nitrogens with zero attached hydrogens (tertiary/aromatic N) is 2. The van der Waals surface area contributed by atoms with Crippen LogP contribution in [0.3, 0.4) is 0 Å². The Bertz CT molecular complexity index is 670. The van der Waals surface area contributed by atoms with Crippen LogP contribution < -0.4 is 10.1 Å². The SMILES string of the molecule is CCCCOCCCNC(=O)CCc1nc(-c2ccc(OCC)cc2)no1. The van der Waals surface area contributed by atoms with Crippen molar-refractivity contribution in [3.63, 3.8) is 0 Å². The van der Waals surface area contributed by atoms with Gasteiger partial charge in [0, 0.05) is 38.2 Å². The number of hydrogen-bond donors (Lipinski definition) is 1. The molecule has 0 aliphatic carbocycles. The van der Waals surface area contributed by atoms with Gasteiger partial charge in [-0.2, -0.15) is 4.98 Å². The molecule has 0 aliphatic heterocycles. The number of benzene rings is 1. The van der Waals surface area contributed by atoms with E-state index in [4.69, 9.17) is 14.0 Å². The molecule has 148 valence electrons. The van der Waals surface area contributed by atoms with Gasteiger partial charge in [0.05, 0.1) is 6.61 Å². The molecule has 7 nitrogen and oxygen atoms in total. The number of carbonyl (C=O) groups is 1. The molecule has 0 aliphatic rings. The zero-order chi connectivity index (χ0) is 19.3. The summed E-state index contributed by atoms with van der Waals surface area (Å²) in [5.41, 5.74) is 0.848. The molecule has 0 atom stereocenters. The van der Waals surface area contributed by atoms with E-state index in [9.17, 15) is 4.79 Å². The molecule has 0 bridgehead atoms.